The lowest BCUT2D eigenvalue weighted by Crippen LogP contribution is -2.47. The third-order valence-corrected chi connectivity index (χ3v) is 4.50. The first kappa shape index (κ1) is 16.3. The van der Waals surface area contributed by atoms with Crippen LogP contribution >= 0.6 is 11.8 Å². The van der Waals surface area contributed by atoms with Gasteiger partial charge in [-0.3, -0.25) is 9.59 Å². The van der Waals surface area contributed by atoms with Gasteiger partial charge in [0.2, 0.25) is 5.91 Å². The number of hydrogen-bond donors (Lipinski definition) is 1. The molecule has 5 nitrogen and oxygen atoms in total. The number of piperidine rings is 1. The van der Waals surface area contributed by atoms with E-state index < -0.39 is 5.97 Å². The normalized spacial score (nSPS) is 16.9. The molecule has 0 unspecified atom stereocenters. The molecule has 0 aromatic carbocycles. The molecule has 0 aromatic heterocycles. The maximum Gasteiger partial charge on any atom is 0.313 e. The monoisotopic (exact) mass is 288 g/mol. The second-order valence-electron chi connectivity index (χ2n) is 4.72. The van der Waals surface area contributed by atoms with Gasteiger partial charge in [0.1, 0.15) is 0 Å². The number of carboxylic acids is 1. The van der Waals surface area contributed by atoms with Crippen LogP contribution in [0.5, 0.6) is 0 Å². The highest BCUT2D eigenvalue weighted by molar-refractivity contribution is 8.00. The van der Waals surface area contributed by atoms with Crippen LogP contribution in [0.3, 0.4) is 0 Å². The van der Waals surface area contributed by atoms with Crippen molar-refractivity contribution < 1.29 is 14.7 Å². The molecule has 1 aliphatic rings. The van der Waals surface area contributed by atoms with E-state index in [4.69, 9.17) is 5.11 Å². The molecule has 1 heterocycles. The van der Waals surface area contributed by atoms with E-state index in [-0.39, 0.29) is 17.4 Å². The van der Waals surface area contributed by atoms with Gasteiger partial charge in [0, 0.05) is 19.1 Å². The van der Waals surface area contributed by atoms with E-state index in [1.54, 1.807) is 0 Å². The van der Waals surface area contributed by atoms with Crippen molar-refractivity contribution in [2.24, 2.45) is 0 Å². The molecule has 1 fully saturated rings. The molecule has 110 valence electrons. The molecule has 0 atom stereocenters. The van der Waals surface area contributed by atoms with Crippen molar-refractivity contribution in [2.45, 2.75) is 32.7 Å². The predicted molar refractivity (Wildman–Crippen MR) is 77.5 cm³/mol. The number of thioether (sulfide) groups is 1. The first-order valence-electron chi connectivity index (χ1n) is 6.89. The summed E-state index contributed by atoms with van der Waals surface area (Å²) in [6.07, 6.45) is 2.05. The second-order valence-corrected chi connectivity index (χ2v) is 5.71. The number of hydrogen-bond acceptors (Lipinski definition) is 4. The third kappa shape index (κ3) is 5.40. The Bertz CT molecular complexity index is 300. The van der Waals surface area contributed by atoms with Gasteiger partial charge in [-0.05, 0) is 25.9 Å². The Morgan fingerprint density at radius 3 is 2.26 bits per heavy atom. The number of carbonyl (C=O) groups excluding carboxylic acids is 1. The molecule has 0 bridgehead atoms. The van der Waals surface area contributed by atoms with Gasteiger partial charge in [-0.25, -0.2) is 0 Å². The van der Waals surface area contributed by atoms with Crippen molar-refractivity contribution in [1.82, 2.24) is 9.80 Å². The molecule has 6 heteroatoms. The highest BCUT2D eigenvalue weighted by Crippen LogP contribution is 2.17. The molecule has 0 saturated carbocycles. The lowest BCUT2D eigenvalue weighted by Gasteiger charge is -2.37. The minimum absolute atomic E-state index is 0.00164. The summed E-state index contributed by atoms with van der Waals surface area (Å²) >= 11 is 1.18. The van der Waals surface area contributed by atoms with E-state index in [1.807, 2.05) is 4.90 Å². The molecule has 0 aromatic rings. The summed E-state index contributed by atoms with van der Waals surface area (Å²) in [7, 11) is 0. The summed E-state index contributed by atoms with van der Waals surface area (Å²) in [5, 5.41) is 8.54. The van der Waals surface area contributed by atoms with Crippen LogP contribution in [-0.4, -0.2) is 70.5 Å². The summed E-state index contributed by atoms with van der Waals surface area (Å²) in [4.78, 5) is 26.6. The van der Waals surface area contributed by atoms with Gasteiger partial charge in [-0.1, -0.05) is 13.8 Å². The molecule has 0 aliphatic carbocycles. The van der Waals surface area contributed by atoms with Crippen molar-refractivity contribution in [3.05, 3.63) is 0 Å². The molecule has 19 heavy (non-hydrogen) atoms. The third-order valence-electron chi connectivity index (χ3n) is 3.60. The molecular formula is C13H24N2O3S. The molecule has 1 amide bonds. The van der Waals surface area contributed by atoms with Gasteiger partial charge in [0.25, 0.3) is 0 Å². The molecule has 0 spiro atoms. The fourth-order valence-electron chi connectivity index (χ4n) is 2.54. The van der Waals surface area contributed by atoms with Gasteiger partial charge in [-0.15, -0.1) is 11.8 Å². The van der Waals surface area contributed by atoms with E-state index in [2.05, 4.69) is 18.7 Å². The van der Waals surface area contributed by atoms with E-state index in [0.717, 1.165) is 39.0 Å². The van der Waals surface area contributed by atoms with E-state index in [1.165, 1.54) is 11.8 Å². The lowest BCUT2D eigenvalue weighted by atomic mass is 10.0. The average Bonchev–Trinajstić information content (AvgIpc) is 2.40. The van der Waals surface area contributed by atoms with Crippen molar-refractivity contribution in [2.75, 3.05) is 37.7 Å². The van der Waals surface area contributed by atoms with Crippen LogP contribution in [0.15, 0.2) is 0 Å². The Kier molecular flexibility index (Phi) is 7.23. The van der Waals surface area contributed by atoms with E-state index in [0.29, 0.717) is 6.04 Å². The highest BCUT2D eigenvalue weighted by Gasteiger charge is 2.25. The maximum absolute atomic E-state index is 11.9. The number of rotatable bonds is 7. The Labute approximate surface area is 119 Å². The summed E-state index contributed by atoms with van der Waals surface area (Å²) < 4.78 is 0. The van der Waals surface area contributed by atoms with Crippen LogP contribution in [-0.2, 0) is 9.59 Å². The SMILES string of the molecule is CCN(CC)C1CCN(C(=O)CSCC(=O)O)CC1. The van der Waals surface area contributed by atoms with Crippen molar-refractivity contribution in [1.29, 1.82) is 0 Å². The number of amides is 1. The Morgan fingerprint density at radius 2 is 1.79 bits per heavy atom. The zero-order valence-corrected chi connectivity index (χ0v) is 12.6. The minimum atomic E-state index is -0.863. The molecule has 1 saturated heterocycles. The van der Waals surface area contributed by atoms with E-state index >= 15 is 0 Å². The predicted octanol–water partition coefficient (Wildman–Crippen LogP) is 1.14. The molecule has 1 rings (SSSR count). The van der Waals surface area contributed by atoms with Crippen LogP contribution in [0.2, 0.25) is 0 Å². The Hall–Kier alpha value is -0.750. The maximum atomic E-state index is 11.9. The van der Waals surface area contributed by atoms with Crippen LogP contribution in [0.4, 0.5) is 0 Å². The minimum Gasteiger partial charge on any atom is -0.481 e. The quantitative estimate of drug-likeness (QED) is 0.761. The van der Waals surface area contributed by atoms with Crippen molar-refractivity contribution in [3.63, 3.8) is 0 Å². The Balaban J connectivity index is 2.28. The zero-order valence-electron chi connectivity index (χ0n) is 11.8. The van der Waals surface area contributed by atoms with Crippen LogP contribution in [0, 0.1) is 0 Å². The highest BCUT2D eigenvalue weighted by atomic mass is 32.2. The van der Waals surface area contributed by atoms with Gasteiger partial charge in [0.05, 0.1) is 11.5 Å². The van der Waals surface area contributed by atoms with Gasteiger partial charge < -0.3 is 14.9 Å². The fourth-order valence-corrected chi connectivity index (χ4v) is 3.17. The lowest BCUT2D eigenvalue weighted by molar-refractivity contribution is -0.133. The number of aliphatic carboxylic acids is 1. The smallest absolute Gasteiger partial charge is 0.313 e. The summed E-state index contributed by atoms with van der Waals surface area (Å²) in [5.41, 5.74) is 0. The zero-order chi connectivity index (χ0) is 14.3. The Morgan fingerprint density at radius 1 is 1.21 bits per heavy atom. The second kappa shape index (κ2) is 8.43. The first-order valence-corrected chi connectivity index (χ1v) is 8.05. The van der Waals surface area contributed by atoms with E-state index in [9.17, 15) is 9.59 Å². The number of nitrogens with zero attached hydrogens (tertiary/aromatic N) is 2. The number of carbonyl (C=O) groups is 2. The molecular weight excluding hydrogens is 264 g/mol. The standard InChI is InChI=1S/C13H24N2O3S/c1-3-14(4-2)11-5-7-15(8-6-11)12(16)9-19-10-13(17)18/h11H,3-10H2,1-2H3,(H,17,18). The van der Waals surface area contributed by atoms with Crippen molar-refractivity contribution >= 4 is 23.6 Å². The first-order chi connectivity index (χ1) is 9.08. The van der Waals surface area contributed by atoms with Crippen molar-refractivity contribution in [3.8, 4) is 0 Å². The van der Waals surface area contributed by atoms with Crippen LogP contribution in [0.1, 0.15) is 26.7 Å². The largest absolute Gasteiger partial charge is 0.481 e. The summed E-state index contributed by atoms with van der Waals surface area (Å²) in [6.45, 7) is 8.06. The number of likely N-dealkylation sites (tertiary alicyclic amines) is 1. The van der Waals surface area contributed by atoms with Crippen LogP contribution in [0.25, 0.3) is 0 Å². The fraction of sp³-hybridized carbons (Fsp3) is 0.846. The summed E-state index contributed by atoms with van der Waals surface area (Å²) in [6, 6.07) is 0.589. The molecule has 0 radical (unpaired) electrons. The topological polar surface area (TPSA) is 60.9 Å². The average molecular weight is 288 g/mol. The van der Waals surface area contributed by atoms with Gasteiger partial charge in [-0.2, -0.15) is 0 Å². The van der Waals surface area contributed by atoms with Gasteiger partial charge >= 0.3 is 5.97 Å². The summed E-state index contributed by atoms with van der Waals surface area (Å²) in [5.74, 6) is -0.508. The van der Waals surface area contributed by atoms with Crippen LogP contribution < -0.4 is 0 Å². The molecule has 1 aliphatic heterocycles. The van der Waals surface area contributed by atoms with Gasteiger partial charge in [0.15, 0.2) is 0 Å². The molecule has 1 N–H and O–H groups in total. The number of carboxylic acid groups (broad SMARTS) is 1.